The maximum atomic E-state index is 13.5. The molecule has 2 heterocycles. The van der Waals surface area contributed by atoms with Crippen molar-refractivity contribution in [2.45, 2.75) is 32.1 Å². The highest BCUT2D eigenvalue weighted by Crippen LogP contribution is 2.26. The molecule has 10 heteroatoms. The minimum atomic E-state index is -3.74. The first kappa shape index (κ1) is 25.4. The van der Waals surface area contributed by atoms with E-state index in [1.54, 1.807) is 30.5 Å². The van der Waals surface area contributed by atoms with Gasteiger partial charge in [0, 0.05) is 17.3 Å². The Bertz CT molecular complexity index is 1460. The highest BCUT2D eigenvalue weighted by molar-refractivity contribution is 7.91. The second-order valence-corrected chi connectivity index (χ2v) is 10.8. The van der Waals surface area contributed by atoms with Crippen molar-refractivity contribution in [3.8, 4) is 0 Å². The molecule has 0 fully saturated rings. The minimum Gasteiger partial charge on any atom is -0.467 e. The van der Waals surface area contributed by atoms with Crippen LogP contribution in [0.2, 0.25) is 5.02 Å². The first-order valence-electron chi connectivity index (χ1n) is 11.2. The standard InChI is InChI=1S/C26H25ClN4O4S/c1-3-36(33,34)26-28-15-23(24(30-26)25(32)29-21-7-4-6-18(2)14-21)31(17-22-8-5-13-35-22)16-19-9-11-20(27)12-10-19/h4-15H,3,16-17H2,1-2H3,(H,29,32). The van der Waals surface area contributed by atoms with E-state index in [1.807, 2.05) is 48.2 Å². The number of carbonyl (C=O) groups is 1. The molecule has 4 aromatic rings. The van der Waals surface area contributed by atoms with Gasteiger partial charge >= 0.3 is 0 Å². The number of halogens is 1. The number of furan rings is 1. The molecule has 0 spiro atoms. The first-order chi connectivity index (χ1) is 17.2. The molecule has 36 heavy (non-hydrogen) atoms. The van der Waals surface area contributed by atoms with Crippen LogP contribution in [0.5, 0.6) is 0 Å². The molecule has 1 N–H and O–H groups in total. The van der Waals surface area contributed by atoms with Crippen LogP contribution < -0.4 is 10.2 Å². The summed E-state index contributed by atoms with van der Waals surface area (Å²) >= 11 is 6.05. The fourth-order valence-corrected chi connectivity index (χ4v) is 4.40. The lowest BCUT2D eigenvalue weighted by molar-refractivity contribution is 0.102. The van der Waals surface area contributed by atoms with E-state index in [0.717, 1.165) is 11.1 Å². The fourth-order valence-electron chi connectivity index (χ4n) is 3.58. The first-order valence-corrected chi connectivity index (χ1v) is 13.3. The van der Waals surface area contributed by atoms with Gasteiger partial charge in [0.2, 0.25) is 15.0 Å². The molecule has 2 aromatic heterocycles. The van der Waals surface area contributed by atoms with Crippen LogP contribution in [-0.2, 0) is 22.9 Å². The molecule has 0 aliphatic carbocycles. The third kappa shape index (κ3) is 6.10. The number of sulfone groups is 1. The van der Waals surface area contributed by atoms with Crippen LogP contribution in [0.4, 0.5) is 11.4 Å². The molecule has 1 amide bonds. The number of benzene rings is 2. The van der Waals surface area contributed by atoms with Gasteiger partial charge in [0.05, 0.1) is 30.4 Å². The number of aromatic nitrogens is 2. The number of amides is 1. The zero-order chi connectivity index (χ0) is 25.7. The van der Waals surface area contributed by atoms with Crippen molar-refractivity contribution in [2.75, 3.05) is 16.0 Å². The molecule has 0 saturated carbocycles. The van der Waals surface area contributed by atoms with Crippen LogP contribution in [0.25, 0.3) is 0 Å². The normalized spacial score (nSPS) is 11.3. The zero-order valence-corrected chi connectivity index (χ0v) is 21.4. The zero-order valence-electron chi connectivity index (χ0n) is 19.8. The van der Waals surface area contributed by atoms with Crippen molar-refractivity contribution >= 4 is 38.7 Å². The van der Waals surface area contributed by atoms with Crippen LogP contribution >= 0.6 is 11.6 Å². The summed E-state index contributed by atoms with van der Waals surface area (Å²) in [5.74, 6) is -0.0861. The van der Waals surface area contributed by atoms with Crippen molar-refractivity contribution in [1.82, 2.24) is 9.97 Å². The van der Waals surface area contributed by atoms with E-state index in [1.165, 1.54) is 13.1 Å². The molecular formula is C26H25ClN4O4S. The number of rotatable bonds is 9. The quantitative estimate of drug-likeness (QED) is 0.297. The predicted octanol–water partition coefficient (Wildman–Crippen LogP) is 5.28. The van der Waals surface area contributed by atoms with Gasteiger partial charge in [-0.15, -0.1) is 0 Å². The van der Waals surface area contributed by atoms with E-state index in [-0.39, 0.29) is 11.4 Å². The van der Waals surface area contributed by atoms with Crippen LogP contribution in [0.1, 0.15) is 34.3 Å². The smallest absolute Gasteiger partial charge is 0.276 e. The van der Waals surface area contributed by atoms with Crippen molar-refractivity contribution in [1.29, 1.82) is 0 Å². The fraction of sp³-hybridized carbons (Fsp3) is 0.192. The van der Waals surface area contributed by atoms with Crippen LogP contribution in [0, 0.1) is 6.92 Å². The van der Waals surface area contributed by atoms with Gasteiger partial charge < -0.3 is 14.6 Å². The Hall–Kier alpha value is -3.69. The summed E-state index contributed by atoms with van der Waals surface area (Å²) < 4.78 is 30.6. The molecule has 0 unspecified atom stereocenters. The lowest BCUT2D eigenvalue weighted by atomic mass is 10.1. The number of aryl methyl sites for hydroxylation is 1. The van der Waals surface area contributed by atoms with E-state index < -0.39 is 20.9 Å². The summed E-state index contributed by atoms with van der Waals surface area (Å²) in [6.07, 6.45) is 2.94. The largest absolute Gasteiger partial charge is 0.467 e. The molecule has 8 nitrogen and oxygen atoms in total. The summed E-state index contributed by atoms with van der Waals surface area (Å²) in [5.41, 5.74) is 2.76. The monoisotopic (exact) mass is 524 g/mol. The Labute approximate surface area is 214 Å². The molecule has 4 rings (SSSR count). The number of hydrogen-bond acceptors (Lipinski definition) is 7. The Morgan fingerprint density at radius 3 is 2.53 bits per heavy atom. The number of hydrogen-bond donors (Lipinski definition) is 1. The Kier molecular flexibility index (Phi) is 7.71. The Morgan fingerprint density at radius 1 is 1.08 bits per heavy atom. The maximum absolute atomic E-state index is 13.5. The molecule has 0 aliphatic heterocycles. The van der Waals surface area contributed by atoms with Crippen molar-refractivity contribution in [3.63, 3.8) is 0 Å². The third-order valence-corrected chi connectivity index (χ3v) is 7.22. The van der Waals surface area contributed by atoms with Crippen LogP contribution in [0.3, 0.4) is 0 Å². The summed E-state index contributed by atoms with van der Waals surface area (Å²) in [7, 11) is -3.74. The van der Waals surface area contributed by atoms with Gasteiger partial charge in [0.25, 0.3) is 5.91 Å². The minimum absolute atomic E-state index is 0.0564. The van der Waals surface area contributed by atoms with Gasteiger partial charge in [-0.3, -0.25) is 4.79 Å². The predicted molar refractivity (Wildman–Crippen MR) is 139 cm³/mol. The van der Waals surface area contributed by atoms with Gasteiger partial charge in [-0.2, -0.15) is 0 Å². The molecule has 0 aliphatic rings. The van der Waals surface area contributed by atoms with Crippen molar-refractivity contribution < 1.29 is 17.6 Å². The number of carbonyl (C=O) groups excluding carboxylic acids is 1. The second kappa shape index (κ2) is 10.9. The molecule has 0 atom stereocenters. The van der Waals surface area contributed by atoms with E-state index in [2.05, 4.69) is 15.3 Å². The average molecular weight is 525 g/mol. The summed E-state index contributed by atoms with van der Waals surface area (Å²) in [5, 5.41) is 3.04. The topological polar surface area (TPSA) is 105 Å². The SMILES string of the molecule is CCS(=O)(=O)c1ncc(N(Cc2ccc(Cl)cc2)Cc2ccco2)c(C(=O)Nc2cccc(C)c2)n1. The third-order valence-electron chi connectivity index (χ3n) is 5.45. The van der Waals surface area contributed by atoms with E-state index >= 15 is 0 Å². The highest BCUT2D eigenvalue weighted by atomic mass is 35.5. The van der Waals surface area contributed by atoms with Gasteiger partial charge in [-0.05, 0) is 54.4 Å². The van der Waals surface area contributed by atoms with E-state index in [4.69, 9.17) is 16.0 Å². The van der Waals surface area contributed by atoms with Crippen LogP contribution in [-0.4, -0.2) is 30.0 Å². The Morgan fingerprint density at radius 2 is 1.86 bits per heavy atom. The van der Waals surface area contributed by atoms with E-state index in [9.17, 15) is 13.2 Å². The highest BCUT2D eigenvalue weighted by Gasteiger charge is 2.25. The number of nitrogens with one attached hydrogen (secondary N) is 1. The molecule has 2 aromatic carbocycles. The van der Waals surface area contributed by atoms with Crippen molar-refractivity contribution in [3.05, 3.63) is 101 Å². The summed E-state index contributed by atoms with van der Waals surface area (Å²) in [6, 6.07) is 18.2. The molecule has 186 valence electrons. The van der Waals surface area contributed by atoms with Gasteiger partial charge in [-0.1, -0.05) is 42.8 Å². The lowest BCUT2D eigenvalue weighted by Crippen LogP contribution is -2.27. The summed E-state index contributed by atoms with van der Waals surface area (Å²) in [4.78, 5) is 23.7. The van der Waals surface area contributed by atoms with Gasteiger partial charge in [-0.25, -0.2) is 18.4 Å². The second-order valence-electron chi connectivity index (χ2n) is 8.18. The molecule has 0 bridgehead atoms. The summed E-state index contributed by atoms with van der Waals surface area (Å²) in [6.45, 7) is 4.08. The number of anilines is 2. The molecule has 0 saturated heterocycles. The molecular weight excluding hydrogens is 500 g/mol. The maximum Gasteiger partial charge on any atom is 0.276 e. The average Bonchev–Trinajstić information content (AvgIpc) is 3.38. The Balaban J connectivity index is 1.79. The van der Waals surface area contributed by atoms with E-state index in [0.29, 0.717) is 35.2 Å². The van der Waals surface area contributed by atoms with Crippen molar-refractivity contribution in [2.24, 2.45) is 0 Å². The molecule has 0 radical (unpaired) electrons. The van der Waals surface area contributed by atoms with Gasteiger partial charge in [0.15, 0.2) is 5.69 Å². The van der Waals surface area contributed by atoms with Crippen LogP contribution in [0.15, 0.2) is 82.7 Å². The number of nitrogens with zero attached hydrogens (tertiary/aromatic N) is 3. The van der Waals surface area contributed by atoms with Gasteiger partial charge in [0.1, 0.15) is 5.76 Å². The lowest BCUT2D eigenvalue weighted by Gasteiger charge is -2.25.